The van der Waals surface area contributed by atoms with Crippen LogP contribution in [0, 0.1) is 5.92 Å². The topological polar surface area (TPSA) is 96.5 Å². The Balaban J connectivity index is 2.16. The van der Waals surface area contributed by atoms with E-state index in [-0.39, 0.29) is 11.6 Å². The number of carboxylic acids is 1. The van der Waals surface area contributed by atoms with Crippen molar-refractivity contribution < 1.29 is 14.7 Å². The van der Waals surface area contributed by atoms with Crippen LogP contribution in [-0.4, -0.2) is 35.1 Å². The fourth-order valence-corrected chi connectivity index (χ4v) is 1.95. The predicted octanol–water partition coefficient (Wildman–Crippen LogP) is 0.0914. The molecule has 1 aliphatic rings. The average Bonchev–Trinajstić information content (AvgIpc) is 2.78. The van der Waals surface area contributed by atoms with E-state index in [0.717, 1.165) is 5.69 Å². The van der Waals surface area contributed by atoms with Crippen LogP contribution in [0.5, 0.6) is 0 Å². The van der Waals surface area contributed by atoms with Gasteiger partial charge < -0.3 is 15.7 Å². The SMILES string of the molecule is NC(=O)c1cc(N2CCC(C(=O)O)C2)ccn1. The van der Waals surface area contributed by atoms with Gasteiger partial charge in [0.15, 0.2) is 0 Å². The van der Waals surface area contributed by atoms with Gasteiger partial charge in [-0.15, -0.1) is 0 Å². The third-order valence-electron chi connectivity index (χ3n) is 2.90. The maximum absolute atomic E-state index is 11.0. The van der Waals surface area contributed by atoms with E-state index in [4.69, 9.17) is 10.8 Å². The van der Waals surface area contributed by atoms with Crippen molar-refractivity contribution in [1.29, 1.82) is 0 Å². The Morgan fingerprint density at radius 3 is 2.88 bits per heavy atom. The first-order valence-corrected chi connectivity index (χ1v) is 5.31. The number of anilines is 1. The van der Waals surface area contributed by atoms with Crippen molar-refractivity contribution in [2.24, 2.45) is 11.7 Å². The molecule has 90 valence electrons. The summed E-state index contributed by atoms with van der Waals surface area (Å²) in [6.45, 7) is 1.12. The highest BCUT2D eigenvalue weighted by Crippen LogP contribution is 2.23. The Labute approximate surface area is 98.1 Å². The number of amides is 1. The molecule has 1 fully saturated rings. The van der Waals surface area contributed by atoms with E-state index in [9.17, 15) is 9.59 Å². The fourth-order valence-electron chi connectivity index (χ4n) is 1.95. The Kier molecular flexibility index (Phi) is 2.95. The summed E-state index contributed by atoms with van der Waals surface area (Å²) in [5.41, 5.74) is 6.13. The van der Waals surface area contributed by atoms with Gasteiger partial charge in [-0.2, -0.15) is 0 Å². The normalized spacial score (nSPS) is 19.3. The van der Waals surface area contributed by atoms with E-state index < -0.39 is 11.9 Å². The van der Waals surface area contributed by atoms with Crippen molar-refractivity contribution in [2.45, 2.75) is 6.42 Å². The number of carboxylic acid groups (broad SMARTS) is 1. The van der Waals surface area contributed by atoms with E-state index in [1.54, 1.807) is 12.1 Å². The molecular weight excluding hydrogens is 222 g/mol. The van der Waals surface area contributed by atoms with Crippen LogP contribution in [0.2, 0.25) is 0 Å². The lowest BCUT2D eigenvalue weighted by Crippen LogP contribution is -2.23. The first kappa shape index (κ1) is 11.4. The van der Waals surface area contributed by atoms with Gasteiger partial charge in [0.1, 0.15) is 5.69 Å². The zero-order valence-electron chi connectivity index (χ0n) is 9.17. The highest BCUT2D eigenvalue weighted by molar-refractivity contribution is 5.91. The van der Waals surface area contributed by atoms with Gasteiger partial charge in [-0.05, 0) is 18.6 Å². The summed E-state index contributed by atoms with van der Waals surface area (Å²) in [6, 6.07) is 3.34. The molecule has 0 saturated carbocycles. The molecule has 1 unspecified atom stereocenters. The van der Waals surface area contributed by atoms with Crippen LogP contribution in [0.3, 0.4) is 0 Å². The minimum absolute atomic E-state index is 0.196. The molecule has 6 nitrogen and oxygen atoms in total. The molecule has 17 heavy (non-hydrogen) atoms. The van der Waals surface area contributed by atoms with Crippen LogP contribution in [0.15, 0.2) is 18.3 Å². The number of carbonyl (C=O) groups is 2. The molecule has 6 heteroatoms. The Morgan fingerprint density at radius 1 is 1.53 bits per heavy atom. The van der Waals surface area contributed by atoms with Gasteiger partial charge in [-0.1, -0.05) is 0 Å². The third-order valence-corrected chi connectivity index (χ3v) is 2.90. The monoisotopic (exact) mass is 235 g/mol. The summed E-state index contributed by atoms with van der Waals surface area (Å²) in [6.07, 6.45) is 2.12. The molecule has 1 aromatic heterocycles. The number of nitrogens with zero attached hydrogens (tertiary/aromatic N) is 2. The number of rotatable bonds is 3. The minimum Gasteiger partial charge on any atom is -0.481 e. The van der Waals surface area contributed by atoms with Crippen molar-refractivity contribution in [3.63, 3.8) is 0 Å². The number of carbonyl (C=O) groups excluding carboxylic acids is 1. The van der Waals surface area contributed by atoms with Crippen molar-refractivity contribution >= 4 is 17.6 Å². The van der Waals surface area contributed by atoms with Gasteiger partial charge >= 0.3 is 5.97 Å². The number of hydrogen-bond acceptors (Lipinski definition) is 4. The smallest absolute Gasteiger partial charge is 0.308 e. The molecule has 2 heterocycles. The maximum atomic E-state index is 11.0. The van der Waals surface area contributed by atoms with Crippen LogP contribution >= 0.6 is 0 Å². The maximum Gasteiger partial charge on any atom is 0.308 e. The van der Waals surface area contributed by atoms with E-state index in [2.05, 4.69) is 4.98 Å². The lowest BCUT2D eigenvalue weighted by molar-refractivity contribution is -0.140. The number of aliphatic carboxylic acids is 1. The van der Waals surface area contributed by atoms with E-state index >= 15 is 0 Å². The summed E-state index contributed by atoms with van der Waals surface area (Å²) in [5.74, 6) is -1.71. The van der Waals surface area contributed by atoms with Crippen LogP contribution in [-0.2, 0) is 4.79 Å². The molecule has 0 radical (unpaired) electrons. The summed E-state index contributed by atoms with van der Waals surface area (Å²) in [7, 11) is 0. The van der Waals surface area contributed by atoms with Crippen LogP contribution < -0.4 is 10.6 Å². The molecule has 1 aromatic rings. The summed E-state index contributed by atoms with van der Waals surface area (Å²) >= 11 is 0. The largest absolute Gasteiger partial charge is 0.481 e. The lowest BCUT2D eigenvalue weighted by Gasteiger charge is -2.18. The summed E-state index contributed by atoms with van der Waals surface area (Å²) < 4.78 is 0. The second-order valence-corrected chi connectivity index (χ2v) is 4.03. The molecule has 1 amide bonds. The van der Waals surface area contributed by atoms with Crippen LogP contribution in [0.4, 0.5) is 5.69 Å². The zero-order valence-corrected chi connectivity index (χ0v) is 9.17. The molecular formula is C11H13N3O3. The number of nitrogens with two attached hydrogens (primary N) is 1. The molecule has 1 saturated heterocycles. The molecule has 0 aliphatic carbocycles. The van der Waals surface area contributed by atoms with Crippen molar-refractivity contribution in [3.8, 4) is 0 Å². The second kappa shape index (κ2) is 4.40. The van der Waals surface area contributed by atoms with Gasteiger partial charge in [0.05, 0.1) is 5.92 Å². The molecule has 2 rings (SSSR count). The number of primary amides is 1. The standard InChI is InChI=1S/C11H13N3O3/c12-10(15)9-5-8(1-3-13-9)14-4-2-7(6-14)11(16)17/h1,3,5,7H,2,4,6H2,(H2,12,15)(H,16,17). The van der Waals surface area contributed by atoms with Gasteiger partial charge in [0.25, 0.3) is 5.91 Å². The van der Waals surface area contributed by atoms with E-state index in [1.807, 2.05) is 4.90 Å². The second-order valence-electron chi connectivity index (χ2n) is 4.03. The Hall–Kier alpha value is -2.11. The number of hydrogen-bond donors (Lipinski definition) is 2. The summed E-state index contributed by atoms with van der Waals surface area (Å²) in [4.78, 5) is 27.6. The summed E-state index contributed by atoms with van der Waals surface area (Å²) in [5, 5.41) is 8.91. The van der Waals surface area contributed by atoms with Crippen LogP contribution in [0.25, 0.3) is 0 Å². The fraction of sp³-hybridized carbons (Fsp3) is 0.364. The molecule has 0 spiro atoms. The molecule has 3 N–H and O–H groups in total. The first-order chi connectivity index (χ1) is 8.08. The Morgan fingerprint density at radius 2 is 2.29 bits per heavy atom. The molecule has 1 aliphatic heterocycles. The van der Waals surface area contributed by atoms with Gasteiger partial charge in [-0.25, -0.2) is 0 Å². The highest BCUT2D eigenvalue weighted by atomic mass is 16.4. The average molecular weight is 235 g/mol. The first-order valence-electron chi connectivity index (χ1n) is 5.31. The van der Waals surface area contributed by atoms with Crippen molar-refractivity contribution in [3.05, 3.63) is 24.0 Å². The predicted molar refractivity (Wildman–Crippen MR) is 60.7 cm³/mol. The quantitative estimate of drug-likeness (QED) is 0.774. The highest BCUT2D eigenvalue weighted by Gasteiger charge is 2.28. The molecule has 1 atom stereocenters. The lowest BCUT2D eigenvalue weighted by atomic mass is 10.1. The third kappa shape index (κ3) is 2.35. The molecule has 0 aromatic carbocycles. The molecule has 0 bridgehead atoms. The minimum atomic E-state index is -0.781. The number of aromatic nitrogens is 1. The van der Waals surface area contributed by atoms with Gasteiger partial charge in [0, 0.05) is 25.0 Å². The Bertz CT molecular complexity index is 461. The van der Waals surface area contributed by atoms with Gasteiger partial charge in [0.2, 0.25) is 0 Å². The van der Waals surface area contributed by atoms with E-state index in [0.29, 0.717) is 19.5 Å². The van der Waals surface area contributed by atoms with Crippen molar-refractivity contribution in [2.75, 3.05) is 18.0 Å². The van der Waals surface area contributed by atoms with E-state index in [1.165, 1.54) is 6.20 Å². The number of pyridine rings is 1. The van der Waals surface area contributed by atoms with Crippen LogP contribution in [0.1, 0.15) is 16.9 Å². The van der Waals surface area contributed by atoms with Crippen molar-refractivity contribution in [1.82, 2.24) is 4.98 Å². The zero-order chi connectivity index (χ0) is 12.4. The van der Waals surface area contributed by atoms with Gasteiger partial charge in [-0.3, -0.25) is 14.6 Å².